The van der Waals surface area contributed by atoms with E-state index in [1.54, 1.807) is 42.5 Å². The Kier molecular flexibility index (Phi) is 8.35. The minimum atomic E-state index is -1.07. The number of nitrogens with one attached hydrogen (secondary N) is 1. The smallest absolute Gasteiger partial charge is 0.320 e. The number of fused-ring (bicyclic) bond motifs is 1. The first kappa shape index (κ1) is 26.8. The van der Waals surface area contributed by atoms with E-state index in [0.717, 1.165) is 11.1 Å². The van der Waals surface area contributed by atoms with Crippen LogP contribution >= 0.6 is 11.6 Å². The van der Waals surface area contributed by atoms with Crippen LogP contribution in [0.5, 0.6) is 11.5 Å². The topological polar surface area (TPSA) is 137 Å². The van der Waals surface area contributed by atoms with Crippen molar-refractivity contribution in [1.82, 2.24) is 9.97 Å². The maximum atomic E-state index is 14.4. The van der Waals surface area contributed by atoms with Crippen molar-refractivity contribution in [3.05, 3.63) is 82.9 Å². The number of anilines is 2. The molecule has 38 heavy (non-hydrogen) atoms. The molecule has 0 unspecified atom stereocenters. The van der Waals surface area contributed by atoms with Crippen LogP contribution in [0, 0.1) is 5.82 Å². The van der Waals surface area contributed by atoms with E-state index in [9.17, 15) is 14.0 Å². The Morgan fingerprint density at radius 2 is 1.84 bits per heavy atom. The molecular formula is C27H24ClFN4O5. The van der Waals surface area contributed by atoms with Crippen molar-refractivity contribution in [1.29, 1.82) is 0 Å². The molecule has 0 spiro atoms. The molecule has 4 rings (SSSR count). The Labute approximate surface area is 222 Å². The highest BCUT2D eigenvalue weighted by Crippen LogP contribution is 2.35. The van der Waals surface area contributed by atoms with Crippen LogP contribution in [0.3, 0.4) is 0 Å². The molecule has 0 amide bonds. The maximum absolute atomic E-state index is 14.4. The van der Waals surface area contributed by atoms with Gasteiger partial charge in [-0.15, -0.1) is 0 Å². The van der Waals surface area contributed by atoms with Gasteiger partial charge in [0.15, 0.2) is 23.1 Å². The number of rotatable bonds is 11. The number of Topliss-reactive ketones (excluding diaryl/α,β-unsaturated/α-hetero) is 1. The Morgan fingerprint density at radius 1 is 1.11 bits per heavy atom. The minimum Gasteiger partial charge on any atom is -0.493 e. The molecule has 1 aromatic heterocycles. The molecule has 0 saturated carbocycles. The van der Waals surface area contributed by atoms with Crippen LogP contribution < -0.4 is 20.5 Å². The molecule has 3 aromatic carbocycles. The molecule has 11 heteroatoms. The Hall–Kier alpha value is -4.28. The second-order valence-electron chi connectivity index (χ2n) is 8.44. The monoisotopic (exact) mass is 538 g/mol. The van der Waals surface area contributed by atoms with Crippen LogP contribution in [0.1, 0.15) is 11.1 Å². The lowest BCUT2D eigenvalue weighted by molar-refractivity contribution is -0.138. The van der Waals surface area contributed by atoms with Crippen LogP contribution in [0.2, 0.25) is 5.02 Å². The van der Waals surface area contributed by atoms with Crippen molar-refractivity contribution in [2.24, 2.45) is 5.73 Å². The first-order valence-corrected chi connectivity index (χ1v) is 11.9. The van der Waals surface area contributed by atoms with Crippen LogP contribution in [0.4, 0.5) is 15.9 Å². The number of nitrogens with two attached hydrogens (primary N) is 1. The molecule has 0 aliphatic rings. The van der Waals surface area contributed by atoms with Gasteiger partial charge in [0.05, 0.1) is 23.3 Å². The summed E-state index contributed by atoms with van der Waals surface area (Å²) < 4.78 is 25.6. The number of halogens is 2. The predicted octanol–water partition coefficient (Wildman–Crippen LogP) is 4.32. The van der Waals surface area contributed by atoms with Gasteiger partial charge < -0.3 is 25.6 Å². The number of hydrogen-bond acceptors (Lipinski definition) is 8. The number of ketones is 1. The van der Waals surface area contributed by atoms with Gasteiger partial charge in [0.2, 0.25) is 0 Å². The Balaban J connectivity index is 1.48. The first-order chi connectivity index (χ1) is 18.2. The van der Waals surface area contributed by atoms with E-state index < -0.39 is 17.8 Å². The third-order valence-electron chi connectivity index (χ3n) is 5.71. The number of carbonyl (C=O) groups is 2. The molecule has 0 bridgehead atoms. The van der Waals surface area contributed by atoms with Crippen LogP contribution in [-0.4, -0.2) is 46.6 Å². The maximum Gasteiger partial charge on any atom is 0.320 e. The average molecular weight is 539 g/mol. The van der Waals surface area contributed by atoms with E-state index in [0.29, 0.717) is 22.5 Å². The lowest BCUT2D eigenvalue weighted by Gasteiger charge is -2.14. The zero-order valence-electron chi connectivity index (χ0n) is 20.3. The van der Waals surface area contributed by atoms with Crippen LogP contribution in [-0.2, 0) is 22.4 Å². The van der Waals surface area contributed by atoms with Crippen molar-refractivity contribution < 1.29 is 28.6 Å². The largest absolute Gasteiger partial charge is 0.493 e. The summed E-state index contributed by atoms with van der Waals surface area (Å²) in [5.41, 5.74) is 7.74. The summed E-state index contributed by atoms with van der Waals surface area (Å²) in [4.78, 5) is 32.0. The number of aromatic nitrogens is 2. The molecule has 4 N–H and O–H groups in total. The van der Waals surface area contributed by atoms with Gasteiger partial charge in [-0.05, 0) is 35.7 Å². The van der Waals surface area contributed by atoms with Crippen molar-refractivity contribution in [2.75, 3.05) is 19.0 Å². The number of aliphatic carboxylic acids is 1. The van der Waals surface area contributed by atoms with E-state index in [-0.39, 0.29) is 41.7 Å². The van der Waals surface area contributed by atoms with Crippen molar-refractivity contribution in [3.8, 4) is 11.5 Å². The molecule has 4 aromatic rings. The SMILES string of the molecule is COc1cc2ncnc(Nc3cccc(Cl)c3F)c2cc1OCC(=O)Cc1ccc(C[C@H](N)C(=O)O)cc1. The summed E-state index contributed by atoms with van der Waals surface area (Å²) >= 11 is 5.89. The van der Waals surface area contributed by atoms with E-state index in [1.165, 1.54) is 25.6 Å². The highest BCUT2D eigenvalue weighted by atomic mass is 35.5. The van der Waals surface area contributed by atoms with Crippen molar-refractivity contribution >= 4 is 45.8 Å². The minimum absolute atomic E-state index is 0.0314. The molecule has 9 nitrogen and oxygen atoms in total. The van der Waals surface area contributed by atoms with E-state index >= 15 is 0 Å². The molecule has 1 atom stereocenters. The fourth-order valence-corrected chi connectivity index (χ4v) is 3.91. The summed E-state index contributed by atoms with van der Waals surface area (Å²) in [7, 11) is 1.47. The van der Waals surface area contributed by atoms with Gasteiger partial charge in [-0.3, -0.25) is 9.59 Å². The third-order valence-corrected chi connectivity index (χ3v) is 6.00. The predicted molar refractivity (Wildman–Crippen MR) is 141 cm³/mol. The lowest BCUT2D eigenvalue weighted by Crippen LogP contribution is -2.32. The number of hydrogen-bond donors (Lipinski definition) is 3. The van der Waals surface area contributed by atoms with E-state index in [4.69, 9.17) is 31.9 Å². The number of methoxy groups -OCH3 is 1. The second-order valence-corrected chi connectivity index (χ2v) is 8.85. The molecule has 0 saturated heterocycles. The quantitative estimate of drug-likeness (QED) is 0.255. The highest BCUT2D eigenvalue weighted by Gasteiger charge is 2.16. The normalized spacial score (nSPS) is 11.7. The number of carboxylic acids is 1. The fraction of sp³-hybridized carbons (Fsp3) is 0.185. The number of benzene rings is 3. The standard InChI is InChI=1S/C27H24ClFN4O5/c1-37-23-12-22-18(26(32-14-31-22)33-21-4-2-3-19(28)25(21)29)11-24(23)38-13-17(34)9-15-5-7-16(8-6-15)10-20(30)27(35)36/h2-8,11-12,14,20H,9-10,13,30H2,1H3,(H,35,36)(H,31,32,33)/t20-/m0/s1. The Morgan fingerprint density at radius 3 is 2.55 bits per heavy atom. The molecule has 0 aliphatic heterocycles. The van der Waals surface area contributed by atoms with Gasteiger partial charge in [0, 0.05) is 17.9 Å². The number of carbonyl (C=O) groups excluding carboxylic acids is 1. The zero-order chi connectivity index (χ0) is 27.2. The molecule has 1 heterocycles. The van der Waals surface area contributed by atoms with Gasteiger partial charge in [-0.1, -0.05) is 41.9 Å². The molecular weight excluding hydrogens is 515 g/mol. The lowest BCUT2D eigenvalue weighted by atomic mass is 10.0. The third kappa shape index (κ3) is 6.34. The first-order valence-electron chi connectivity index (χ1n) is 11.5. The van der Waals surface area contributed by atoms with Crippen molar-refractivity contribution in [3.63, 3.8) is 0 Å². The zero-order valence-corrected chi connectivity index (χ0v) is 21.0. The summed E-state index contributed by atoms with van der Waals surface area (Å²) in [5.74, 6) is -0.909. The van der Waals surface area contributed by atoms with Crippen LogP contribution in [0.25, 0.3) is 10.9 Å². The summed E-state index contributed by atoms with van der Waals surface area (Å²) in [5, 5.41) is 12.4. The number of ether oxygens (including phenoxy) is 2. The van der Waals surface area contributed by atoms with E-state index in [2.05, 4.69) is 15.3 Å². The second kappa shape index (κ2) is 11.8. The molecule has 196 valence electrons. The summed E-state index contributed by atoms with van der Waals surface area (Å²) in [6.45, 7) is -0.229. The van der Waals surface area contributed by atoms with Gasteiger partial charge in [0.1, 0.15) is 24.8 Å². The van der Waals surface area contributed by atoms with Gasteiger partial charge >= 0.3 is 5.97 Å². The molecule has 0 aliphatic carbocycles. The van der Waals surface area contributed by atoms with Gasteiger partial charge in [-0.25, -0.2) is 14.4 Å². The fourth-order valence-electron chi connectivity index (χ4n) is 3.74. The average Bonchev–Trinajstić information content (AvgIpc) is 2.90. The molecule has 0 radical (unpaired) electrons. The van der Waals surface area contributed by atoms with E-state index in [1.807, 2.05) is 0 Å². The number of carboxylic acid groups (broad SMARTS) is 1. The highest BCUT2D eigenvalue weighted by molar-refractivity contribution is 6.31. The Bertz CT molecular complexity index is 1480. The molecule has 0 fully saturated rings. The summed E-state index contributed by atoms with van der Waals surface area (Å²) in [6.07, 6.45) is 1.64. The van der Waals surface area contributed by atoms with Crippen LogP contribution in [0.15, 0.2) is 60.9 Å². The van der Waals surface area contributed by atoms with Crippen molar-refractivity contribution in [2.45, 2.75) is 18.9 Å². The summed E-state index contributed by atoms with van der Waals surface area (Å²) in [6, 6.07) is 13.8. The van der Waals surface area contributed by atoms with Gasteiger partial charge in [-0.2, -0.15) is 0 Å². The van der Waals surface area contributed by atoms with Gasteiger partial charge in [0.25, 0.3) is 0 Å². The number of nitrogens with zero attached hydrogens (tertiary/aromatic N) is 2.